The lowest BCUT2D eigenvalue weighted by molar-refractivity contribution is 0.218. The smallest absolute Gasteiger partial charge is 0.180 e. The zero-order valence-electron chi connectivity index (χ0n) is 17.6. The third-order valence-corrected chi connectivity index (χ3v) is 5.88. The molecule has 2 aromatic heterocycles. The number of nitrogens with two attached hydrogens (primary N) is 1. The van der Waals surface area contributed by atoms with E-state index in [1.165, 1.54) is 5.56 Å². The molecule has 0 spiro atoms. The Bertz CT molecular complexity index is 1240. The maximum absolute atomic E-state index is 9.61. The number of aliphatic hydroxyl groups excluding tert-OH is 1. The second kappa shape index (κ2) is 7.37. The maximum Gasteiger partial charge on any atom is 0.180 e. The topological polar surface area (TPSA) is 100 Å². The summed E-state index contributed by atoms with van der Waals surface area (Å²) in [6.45, 7) is 4.14. The van der Waals surface area contributed by atoms with Gasteiger partial charge in [0.25, 0.3) is 0 Å². The van der Waals surface area contributed by atoms with Gasteiger partial charge in [0, 0.05) is 47.4 Å². The summed E-state index contributed by atoms with van der Waals surface area (Å²) in [7, 11) is 0. The van der Waals surface area contributed by atoms with Crippen LogP contribution in [0.25, 0.3) is 16.9 Å². The Morgan fingerprint density at radius 3 is 2.81 bits per heavy atom. The van der Waals surface area contributed by atoms with Gasteiger partial charge in [-0.3, -0.25) is 0 Å². The minimum atomic E-state index is -0.281. The zero-order chi connectivity index (χ0) is 21.6. The number of nitrogens with one attached hydrogen (secondary N) is 2. The molecule has 1 unspecified atom stereocenters. The van der Waals surface area contributed by atoms with Crippen molar-refractivity contribution >= 4 is 22.8 Å². The van der Waals surface area contributed by atoms with E-state index in [2.05, 4.69) is 33.8 Å². The van der Waals surface area contributed by atoms with Gasteiger partial charge in [-0.2, -0.15) is 0 Å². The molecule has 0 radical (unpaired) electrons. The van der Waals surface area contributed by atoms with Gasteiger partial charge in [-0.1, -0.05) is 38.1 Å². The molecule has 5 N–H and O–H groups in total. The fourth-order valence-corrected chi connectivity index (χ4v) is 3.92. The van der Waals surface area contributed by atoms with Crippen LogP contribution in [0, 0.1) is 0 Å². The highest BCUT2D eigenvalue weighted by Crippen LogP contribution is 2.31. The first-order chi connectivity index (χ1) is 14.9. The number of hydrogen-bond donors (Lipinski definition) is 4. The number of anilines is 3. The number of benzene rings is 2. The van der Waals surface area contributed by atoms with E-state index in [1.807, 2.05) is 54.9 Å². The fraction of sp³-hybridized carbons (Fsp3) is 0.250. The summed E-state index contributed by atoms with van der Waals surface area (Å²) >= 11 is 0. The Kier molecular flexibility index (Phi) is 4.64. The Balaban J connectivity index is 1.50. The van der Waals surface area contributed by atoms with Crippen LogP contribution in [0.1, 0.15) is 25.0 Å². The molecule has 7 nitrogen and oxygen atoms in total. The summed E-state index contributed by atoms with van der Waals surface area (Å²) in [6.07, 6.45) is 6.46. The van der Waals surface area contributed by atoms with Crippen molar-refractivity contribution in [3.05, 3.63) is 72.2 Å². The van der Waals surface area contributed by atoms with E-state index in [-0.39, 0.29) is 18.2 Å². The van der Waals surface area contributed by atoms with E-state index in [0.29, 0.717) is 5.82 Å². The van der Waals surface area contributed by atoms with E-state index >= 15 is 0 Å². The number of fused-ring (bicyclic) bond motifs is 2. The van der Waals surface area contributed by atoms with E-state index in [4.69, 9.17) is 10.7 Å². The van der Waals surface area contributed by atoms with Crippen LogP contribution in [0.4, 0.5) is 17.2 Å². The van der Waals surface area contributed by atoms with E-state index in [9.17, 15) is 5.11 Å². The molecule has 0 bridgehead atoms. The second-order valence-corrected chi connectivity index (χ2v) is 8.70. The SMILES string of the molecule is CC(C)(CO)c1ccc(Nc2nc(-c3ccc4c(c3)NC(N)C4)cn3ccnc23)cc1. The first kappa shape index (κ1) is 19.5. The third-order valence-electron chi connectivity index (χ3n) is 5.88. The van der Waals surface area contributed by atoms with E-state index in [1.54, 1.807) is 6.20 Å². The number of imidazole rings is 1. The van der Waals surface area contributed by atoms with Crippen LogP contribution in [0.3, 0.4) is 0 Å². The summed E-state index contributed by atoms with van der Waals surface area (Å²) in [5, 5.41) is 16.3. The molecule has 0 saturated heterocycles. The highest BCUT2D eigenvalue weighted by Gasteiger charge is 2.20. The van der Waals surface area contributed by atoms with Crippen LogP contribution in [-0.4, -0.2) is 32.2 Å². The van der Waals surface area contributed by atoms with Gasteiger partial charge in [-0.05, 0) is 29.3 Å². The number of rotatable bonds is 5. The monoisotopic (exact) mass is 414 g/mol. The quantitative estimate of drug-likeness (QED) is 0.398. The molecule has 4 aromatic rings. The predicted octanol–water partition coefficient (Wildman–Crippen LogP) is 3.66. The van der Waals surface area contributed by atoms with Gasteiger partial charge >= 0.3 is 0 Å². The number of hydrogen-bond acceptors (Lipinski definition) is 6. The van der Waals surface area contributed by atoms with Crippen LogP contribution in [-0.2, 0) is 11.8 Å². The molecular weight excluding hydrogens is 388 g/mol. The summed E-state index contributed by atoms with van der Waals surface area (Å²) < 4.78 is 1.97. The van der Waals surface area contributed by atoms with Gasteiger partial charge < -0.3 is 25.9 Å². The molecule has 0 fully saturated rings. The summed E-state index contributed by atoms with van der Waals surface area (Å²) in [5.41, 5.74) is 12.6. The van der Waals surface area contributed by atoms with Crippen molar-refractivity contribution in [1.82, 2.24) is 14.4 Å². The molecule has 0 aliphatic carbocycles. The normalized spacial score (nSPS) is 15.7. The number of aromatic nitrogens is 3. The van der Waals surface area contributed by atoms with Crippen LogP contribution >= 0.6 is 0 Å². The van der Waals surface area contributed by atoms with Crippen molar-refractivity contribution in [2.45, 2.75) is 31.8 Å². The first-order valence-electron chi connectivity index (χ1n) is 10.4. The molecule has 3 heterocycles. The first-order valence-corrected chi connectivity index (χ1v) is 10.4. The van der Waals surface area contributed by atoms with Gasteiger partial charge in [-0.15, -0.1) is 0 Å². The van der Waals surface area contributed by atoms with Crippen LogP contribution < -0.4 is 16.4 Å². The van der Waals surface area contributed by atoms with Gasteiger partial charge in [0.15, 0.2) is 11.5 Å². The van der Waals surface area contributed by atoms with Crippen molar-refractivity contribution in [3.8, 4) is 11.3 Å². The lowest BCUT2D eigenvalue weighted by Gasteiger charge is -2.22. The molecule has 1 aliphatic rings. The zero-order valence-corrected chi connectivity index (χ0v) is 17.6. The third kappa shape index (κ3) is 3.62. The van der Waals surface area contributed by atoms with E-state index < -0.39 is 0 Å². The van der Waals surface area contributed by atoms with Crippen molar-refractivity contribution < 1.29 is 5.11 Å². The van der Waals surface area contributed by atoms with Crippen LogP contribution in [0.2, 0.25) is 0 Å². The summed E-state index contributed by atoms with van der Waals surface area (Å²) in [6, 6.07) is 14.4. The largest absolute Gasteiger partial charge is 0.395 e. The van der Waals surface area contributed by atoms with Crippen molar-refractivity contribution in [1.29, 1.82) is 0 Å². The minimum absolute atomic E-state index is 0.0367. The highest BCUT2D eigenvalue weighted by molar-refractivity contribution is 5.75. The molecule has 0 amide bonds. The molecule has 2 aromatic carbocycles. The molecule has 31 heavy (non-hydrogen) atoms. The van der Waals surface area contributed by atoms with Crippen molar-refractivity contribution in [3.63, 3.8) is 0 Å². The van der Waals surface area contributed by atoms with Gasteiger partial charge in [0.1, 0.15) is 0 Å². The Morgan fingerprint density at radius 2 is 2.03 bits per heavy atom. The van der Waals surface area contributed by atoms with Crippen molar-refractivity contribution in [2.24, 2.45) is 5.73 Å². The average molecular weight is 415 g/mol. The minimum Gasteiger partial charge on any atom is -0.395 e. The highest BCUT2D eigenvalue weighted by atomic mass is 16.3. The Morgan fingerprint density at radius 1 is 1.23 bits per heavy atom. The van der Waals surface area contributed by atoms with Crippen LogP contribution in [0.5, 0.6) is 0 Å². The maximum atomic E-state index is 9.61. The van der Waals surface area contributed by atoms with Crippen LogP contribution in [0.15, 0.2) is 61.1 Å². The predicted molar refractivity (Wildman–Crippen MR) is 124 cm³/mol. The average Bonchev–Trinajstić information content (AvgIpc) is 3.39. The molecule has 5 rings (SSSR count). The molecular formula is C24H26N6O. The Labute approximate surface area is 181 Å². The molecule has 0 saturated carbocycles. The molecule has 158 valence electrons. The number of aliphatic hydroxyl groups is 1. The lowest BCUT2D eigenvalue weighted by atomic mass is 9.85. The van der Waals surface area contributed by atoms with E-state index in [0.717, 1.165) is 40.3 Å². The van der Waals surface area contributed by atoms with Gasteiger partial charge in [-0.25, -0.2) is 9.97 Å². The number of nitrogens with zero attached hydrogens (tertiary/aromatic N) is 3. The van der Waals surface area contributed by atoms with Gasteiger partial charge in [0.2, 0.25) is 0 Å². The standard InChI is InChI=1S/C24H26N6O/c1-24(2,14-31)17-5-7-18(8-6-17)27-22-23-26-9-10-30(23)13-20(29-22)15-3-4-16-12-21(25)28-19(16)11-15/h3-11,13,21,28,31H,12,14,25H2,1-2H3,(H,27,29). The van der Waals surface area contributed by atoms with Crippen molar-refractivity contribution in [2.75, 3.05) is 17.2 Å². The second-order valence-electron chi connectivity index (χ2n) is 8.70. The fourth-order valence-electron chi connectivity index (χ4n) is 3.92. The molecule has 7 heteroatoms. The summed E-state index contributed by atoms with van der Waals surface area (Å²) in [5.74, 6) is 0.682. The van der Waals surface area contributed by atoms with Gasteiger partial charge in [0.05, 0.1) is 18.5 Å². The molecule has 1 atom stereocenters. The molecule has 1 aliphatic heterocycles. The Hall–Kier alpha value is -3.42. The summed E-state index contributed by atoms with van der Waals surface area (Å²) in [4.78, 5) is 9.34. The lowest BCUT2D eigenvalue weighted by Crippen LogP contribution is -2.25.